The highest BCUT2D eigenvalue weighted by atomic mass is 79.9. The summed E-state index contributed by atoms with van der Waals surface area (Å²) in [6, 6.07) is 4.27. The molecule has 0 atom stereocenters. The third kappa shape index (κ3) is 1.73. The first-order chi connectivity index (χ1) is 10.1. The average molecular weight is 345 g/mol. The quantitative estimate of drug-likeness (QED) is 0.721. The first-order valence-corrected chi connectivity index (χ1v) is 9.07. The van der Waals surface area contributed by atoms with Gasteiger partial charge in [-0.2, -0.15) is 0 Å². The molecule has 2 aromatic rings. The van der Waals surface area contributed by atoms with E-state index in [4.69, 9.17) is 4.98 Å². The van der Waals surface area contributed by atoms with Crippen LogP contribution in [0.1, 0.15) is 49.9 Å². The number of nitrogens with zero attached hydrogens (tertiary/aromatic N) is 2. The van der Waals surface area contributed by atoms with E-state index in [1.165, 1.54) is 54.4 Å². The highest BCUT2D eigenvalue weighted by Gasteiger charge is 2.52. The van der Waals surface area contributed by atoms with E-state index in [0.717, 1.165) is 23.4 Å². The van der Waals surface area contributed by atoms with E-state index >= 15 is 0 Å². The van der Waals surface area contributed by atoms with Crippen molar-refractivity contribution in [2.24, 2.45) is 17.8 Å². The Morgan fingerprint density at radius 3 is 2.33 bits per heavy atom. The molecule has 4 saturated carbocycles. The van der Waals surface area contributed by atoms with Crippen LogP contribution >= 0.6 is 15.9 Å². The van der Waals surface area contributed by atoms with E-state index in [-0.39, 0.29) is 0 Å². The maximum absolute atomic E-state index is 5.05. The molecule has 21 heavy (non-hydrogen) atoms. The number of halogens is 1. The fourth-order valence-corrected chi connectivity index (χ4v) is 6.17. The average Bonchev–Trinajstić information content (AvgIpc) is 2.87. The Balaban J connectivity index is 1.65. The zero-order chi connectivity index (χ0) is 14.2. The maximum Gasteiger partial charge on any atom is 0.137 e. The molecular weight excluding hydrogens is 324 g/mol. The summed E-state index contributed by atoms with van der Waals surface area (Å²) in [6.45, 7) is 2.17. The van der Waals surface area contributed by atoms with Gasteiger partial charge in [0.05, 0.1) is 5.69 Å². The van der Waals surface area contributed by atoms with Crippen LogP contribution in [-0.2, 0) is 5.41 Å². The predicted molar refractivity (Wildman–Crippen MR) is 87.5 cm³/mol. The molecule has 0 aliphatic heterocycles. The third-order valence-corrected chi connectivity index (χ3v) is 7.24. The van der Waals surface area contributed by atoms with Crippen molar-refractivity contribution in [3.8, 4) is 0 Å². The molecule has 0 aromatic carbocycles. The second kappa shape index (κ2) is 4.13. The van der Waals surface area contributed by atoms with Gasteiger partial charge in [0.2, 0.25) is 0 Å². The minimum absolute atomic E-state index is 0.402. The van der Waals surface area contributed by atoms with Crippen LogP contribution in [-0.4, -0.2) is 9.38 Å². The van der Waals surface area contributed by atoms with Crippen molar-refractivity contribution in [2.45, 2.75) is 50.9 Å². The van der Waals surface area contributed by atoms with Gasteiger partial charge < -0.3 is 4.40 Å². The molecule has 0 N–H and O–H groups in total. The largest absolute Gasteiger partial charge is 0.303 e. The summed E-state index contributed by atoms with van der Waals surface area (Å²) < 4.78 is 3.45. The standard InChI is InChI=1S/C18H21BrN2/c1-11-15(19)2-3-17-20-16(10-21(11)17)18-7-12-4-13(8-18)6-14(5-12)9-18/h2-3,10,12-14H,4-9H2,1H3. The fraction of sp³-hybridized carbons (Fsp3) is 0.611. The number of hydrogen-bond donors (Lipinski definition) is 0. The van der Waals surface area contributed by atoms with Crippen molar-refractivity contribution >= 4 is 21.6 Å². The molecule has 110 valence electrons. The smallest absolute Gasteiger partial charge is 0.137 e. The lowest BCUT2D eigenvalue weighted by Gasteiger charge is -2.56. The number of aromatic nitrogens is 2. The molecular formula is C18H21BrN2. The van der Waals surface area contributed by atoms with Crippen LogP contribution in [0.15, 0.2) is 22.8 Å². The van der Waals surface area contributed by atoms with Gasteiger partial charge in [0.15, 0.2) is 0 Å². The molecule has 2 heterocycles. The van der Waals surface area contributed by atoms with Crippen molar-refractivity contribution in [3.63, 3.8) is 0 Å². The Kier molecular flexibility index (Phi) is 2.49. The van der Waals surface area contributed by atoms with Gasteiger partial charge in [-0.3, -0.25) is 0 Å². The summed E-state index contributed by atoms with van der Waals surface area (Å²) in [5.74, 6) is 2.94. The molecule has 0 amide bonds. The Morgan fingerprint density at radius 2 is 1.71 bits per heavy atom. The second-order valence-corrected chi connectivity index (χ2v) is 8.67. The van der Waals surface area contributed by atoms with Gasteiger partial charge in [-0.15, -0.1) is 0 Å². The molecule has 0 unspecified atom stereocenters. The molecule has 4 aliphatic rings. The summed E-state index contributed by atoms with van der Waals surface area (Å²) in [7, 11) is 0. The molecule has 4 fully saturated rings. The minimum Gasteiger partial charge on any atom is -0.303 e. The van der Waals surface area contributed by atoms with Gasteiger partial charge in [-0.25, -0.2) is 4.98 Å². The zero-order valence-electron chi connectivity index (χ0n) is 12.5. The summed E-state index contributed by atoms with van der Waals surface area (Å²) in [6.07, 6.45) is 11.0. The molecule has 4 bridgehead atoms. The molecule has 6 rings (SSSR count). The first kappa shape index (κ1) is 12.7. The topological polar surface area (TPSA) is 17.3 Å². The van der Waals surface area contributed by atoms with Crippen LogP contribution in [0, 0.1) is 24.7 Å². The van der Waals surface area contributed by atoms with Gasteiger partial charge in [0, 0.05) is 21.8 Å². The maximum atomic E-state index is 5.05. The van der Waals surface area contributed by atoms with Crippen LogP contribution in [0.2, 0.25) is 0 Å². The van der Waals surface area contributed by atoms with Crippen LogP contribution in [0.25, 0.3) is 5.65 Å². The predicted octanol–water partition coefficient (Wildman–Crippen LogP) is 4.87. The van der Waals surface area contributed by atoms with Crippen molar-refractivity contribution in [1.82, 2.24) is 9.38 Å². The number of aryl methyl sites for hydroxylation is 1. The minimum atomic E-state index is 0.402. The summed E-state index contributed by atoms with van der Waals surface area (Å²) in [5, 5.41) is 0. The Morgan fingerprint density at radius 1 is 1.10 bits per heavy atom. The van der Waals surface area contributed by atoms with Crippen molar-refractivity contribution < 1.29 is 0 Å². The summed E-state index contributed by atoms with van der Waals surface area (Å²) in [5.41, 5.74) is 4.15. The van der Waals surface area contributed by atoms with E-state index in [2.05, 4.69) is 45.6 Å². The van der Waals surface area contributed by atoms with E-state index in [1.807, 2.05) is 0 Å². The molecule has 3 heteroatoms. The van der Waals surface area contributed by atoms with Gasteiger partial charge in [0.1, 0.15) is 5.65 Å². The van der Waals surface area contributed by atoms with E-state index in [9.17, 15) is 0 Å². The van der Waals surface area contributed by atoms with Gasteiger partial charge in [-0.1, -0.05) is 0 Å². The van der Waals surface area contributed by atoms with Crippen molar-refractivity contribution in [2.75, 3.05) is 0 Å². The number of pyridine rings is 1. The van der Waals surface area contributed by atoms with Crippen LogP contribution in [0.5, 0.6) is 0 Å². The van der Waals surface area contributed by atoms with Crippen LogP contribution in [0.4, 0.5) is 0 Å². The molecule has 0 saturated heterocycles. The van der Waals surface area contributed by atoms with Gasteiger partial charge in [-0.05, 0) is 91.3 Å². The molecule has 0 spiro atoms. The van der Waals surface area contributed by atoms with E-state index in [0.29, 0.717) is 5.41 Å². The normalized spacial score (nSPS) is 37.5. The van der Waals surface area contributed by atoms with Crippen LogP contribution < -0.4 is 0 Å². The van der Waals surface area contributed by atoms with E-state index < -0.39 is 0 Å². The third-order valence-electron chi connectivity index (χ3n) is 6.40. The molecule has 2 nitrogen and oxygen atoms in total. The zero-order valence-corrected chi connectivity index (χ0v) is 14.1. The number of fused-ring (bicyclic) bond motifs is 1. The lowest BCUT2D eigenvalue weighted by Crippen LogP contribution is -2.48. The molecule has 0 radical (unpaired) electrons. The monoisotopic (exact) mass is 344 g/mol. The fourth-order valence-electron chi connectivity index (χ4n) is 5.84. The SMILES string of the molecule is Cc1c(Br)ccc2nc(C34CC5CC(CC(C5)C3)C4)cn12. The van der Waals surface area contributed by atoms with Gasteiger partial charge in [0.25, 0.3) is 0 Å². The summed E-state index contributed by atoms with van der Waals surface area (Å²) in [4.78, 5) is 5.05. The lowest BCUT2D eigenvalue weighted by molar-refractivity contribution is -0.00697. The molecule has 4 aliphatic carbocycles. The Labute approximate surface area is 134 Å². The van der Waals surface area contributed by atoms with Gasteiger partial charge >= 0.3 is 0 Å². The van der Waals surface area contributed by atoms with Crippen molar-refractivity contribution in [3.05, 3.63) is 34.2 Å². The van der Waals surface area contributed by atoms with E-state index in [1.54, 1.807) is 0 Å². The number of rotatable bonds is 1. The summed E-state index contributed by atoms with van der Waals surface area (Å²) >= 11 is 3.64. The highest BCUT2D eigenvalue weighted by molar-refractivity contribution is 9.10. The first-order valence-electron chi connectivity index (χ1n) is 8.28. The number of imidazole rings is 1. The molecule has 2 aromatic heterocycles. The lowest BCUT2D eigenvalue weighted by atomic mass is 9.49. The Bertz CT molecular complexity index is 695. The second-order valence-electron chi connectivity index (χ2n) is 7.82. The van der Waals surface area contributed by atoms with Crippen molar-refractivity contribution in [1.29, 1.82) is 0 Å². The van der Waals surface area contributed by atoms with Crippen LogP contribution in [0.3, 0.4) is 0 Å². The highest BCUT2D eigenvalue weighted by Crippen LogP contribution is 2.60. The Hall–Kier alpha value is -0.830. The number of hydrogen-bond acceptors (Lipinski definition) is 1.